The first-order chi connectivity index (χ1) is 14.5. The molecule has 3 aromatic rings. The molecular formula is C23H25ClN4O2. The van der Waals surface area contributed by atoms with Crippen LogP contribution in [0.3, 0.4) is 0 Å². The molecule has 30 heavy (non-hydrogen) atoms. The van der Waals surface area contributed by atoms with E-state index in [4.69, 9.17) is 16.3 Å². The lowest BCUT2D eigenvalue weighted by Crippen LogP contribution is -2.30. The molecule has 0 unspecified atom stereocenters. The number of amides is 1. The van der Waals surface area contributed by atoms with Gasteiger partial charge in [-0.05, 0) is 56.5 Å². The molecule has 0 bridgehead atoms. The second-order valence-corrected chi connectivity index (χ2v) is 8.07. The van der Waals surface area contributed by atoms with E-state index in [1.807, 2.05) is 37.3 Å². The number of aryl methyl sites for hydroxylation is 2. The van der Waals surface area contributed by atoms with Gasteiger partial charge in [-0.3, -0.25) is 4.79 Å². The molecule has 6 nitrogen and oxygen atoms in total. The molecule has 0 aliphatic carbocycles. The second kappa shape index (κ2) is 8.88. The minimum Gasteiger partial charge on any atom is -0.481 e. The van der Waals surface area contributed by atoms with Gasteiger partial charge in [-0.25, -0.2) is 0 Å². The van der Waals surface area contributed by atoms with Gasteiger partial charge in [-0.15, -0.1) is 10.2 Å². The molecule has 4 rings (SSSR count). The fourth-order valence-corrected chi connectivity index (χ4v) is 3.80. The van der Waals surface area contributed by atoms with Crippen molar-refractivity contribution in [1.29, 1.82) is 0 Å². The van der Waals surface area contributed by atoms with E-state index in [-0.39, 0.29) is 5.91 Å². The number of nitrogens with one attached hydrogen (secondary N) is 1. The van der Waals surface area contributed by atoms with E-state index in [0.29, 0.717) is 16.5 Å². The summed E-state index contributed by atoms with van der Waals surface area (Å²) in [6.07, 6.45) is 3.79. The van der Waals surface area contributed by atoms with Crippen molar-refractivity contribution >= 4 is 23.2 Å². The normalized spacial score (nSPS) is 14.5. The van der Waals surface area contributed by atoms with Gasteiger partial charge >= 0.3 is 0 Å². The Morgan fingerprint density at radius 2 is 2.03 bits per heavy atom. The first-order valence-electron chi connectivity index (χ1n) is 10.3. The summed E-state index contributed by atoms with van der Waals surface area (Å²) in [5.74, 6) is 2.27. The van der Waals surface area contributed by atoms with Gasteiger partial charge in [-0.2, -0.15) is 0 Å². The Bertz CT molecular complexity index is 1060. The Kier molecular flexibility index (Phi) is 6.04. The number of anilines is 1. The van der Waals surface area contributed by atoms with Crippen molar-refractivity contribution in [3.8, 4) is 17.1 Å². The average molecular weight is 425 g/mol. The number of nitrogens with zero attached hydrogens (tertiary/aromatic N) is 3. The van der Waals surface area contributed by atoms with Gasteiger partial charge in [0.2, 0.25) is 0 Å². The van der Waals surface area contributed by atoms with E-state index >= 15 is 0 Å². The molecule has 7 heteroatoms. The SMILES string of the molecule is Cc1ccc(Cl)cc1NC(=O)[C@H](C)Oc1cccc(-c2nnc3n2CCCCC3)c1. The molecule has 1 N–H and O–H groups in total. The van der Waals surface area contributed by atoms with E-state index in [0.717, 1.165) is 48.6 Å². The highest BCUT2D eigenvalue weighted by Gasteiger charge is 2.19. The summed E-state index contributed by atoms with van der Waals surface area (Å²) < 4.78 is 8.12. The number of fused-ring (bicyclic) bond motifs is 1. The van der Waals surface area contributed by atoms with E-state index in [9.17, 15) is 4.79 Å². The molecule has 1 aliphatic heterocycles. The number of rotatable bonds is 5. The average Bonchev–Trinajstić information content (AvgIpc) is 2.99. The van der Waals surface area contributed by atoms with E-state index in [1.54, 1.807) is 19.1 Å². The van der Waals surface area contributed by atoms with E-state index in [1.165, 1.54) is 6.42 Å². The molecule has 1 aromatic heterocycles. The number of halogens is 1. The van der Waals surface area contributed by atoms with Gasteiger partial charge < -0.3 is 14.6 Å². The predicted molar refractivity (Wildman–Crippen MR) is 118 cm³/mol. The van der Waals surface area contributed by atoms with Crippen molar-refractivity contribution in [3.63, 3.8) is 0 Å². The monoisotopic (exact) mass is 424 g/mol. The van der Waals surface area contributed by atoms with Crippen molar-refractivity contribution < 1.29 is 9.53 Å². The maximum Gasteiger partial charge on any atom is 0.265 e. The second-order valence-electron chi connectivity index (χ2n) is 7.64. The standard InChI is InChI=1S/C23H25ClN4O2/c1-15-10-11-18(24)14-20(15)25-23(29)16(2)30-19-8-6-7-17(13-19)22-27-26-21-9-4-3-5-12-28(21)22/h6-8,10-11,13-14,16H,3-5,9,12H2,1-2H3,(H,25,29)/t16-/m0/s1. The van der Waals surface area contributed by atoms with Gasteiger partial charge in [0.1, 0.15) is 11.6 Å². The molecule has 0 radical (unpaired) electrons. The zero-order valence-electron chi connectivity index (χ0n) is 17.2. The smallest absolute Gasteiger partial charge is 0.265 e. The zero-order valence-corrected chi connectivity index (χ0v) is 17.9. The summed E-state index contributed by atoms with van der Waals surface area (Å²) in [6, 6.07) is 13.1. The van der Waals surface area contributed by atoms with Crippen LogP contribution in [0.5, 0.6) is 5.75 Å². The number of hydrogen-bond acceptors (Lipinski definition) is 4. The Morgan fingerprint density at radius 1 is 1.17 bits per heavy atom. The number of ether oxygens (including phenoxy) is 1. The Balaban J connectivity index is 1.49. The largest absolute Gasteiger partial charge is 0.481 e. The molecule has 0 saturated carbocycles. The Morgan fingerprint density at radius 3 is 2.90 bits per heavy atom. The fourth-order valence-electron chi connectivity index (χ4n) is 3.63. The highest BCUT2D eigenvalue weighted by Crippen LogP contribution is 2.26. The lowest BCUT2D eigenvalue weighted by molar-refractivity contribution is -0.122. The van der Waals surface area contributed by atoms with Crippen molar-refractivity contribution in [2.75, 3.05) is 5.32 Å². The van der Waals surface area contributed by atoms with Gasteiger partial charge in [0.15, 0.2) is 11.9 Å². The third-order valence-electron chi connectivity index (χ3n) is 5.34. The summed E-state index contributed by atoms with van der Waals surface area (Å²) in [5, 5.41) is 12.2. The van der Waals surface area contributed by atoms with Crippen LogP contribution in [-0.2, 0) is 17.8 Å². The number of benzene rings is 2. The third kappa shape index (κ3) is 4.49. The zero-order chi connectivity index (χ0) is 21.1. The van der Waals surface area contributed by atoms with Crippen LogP contribution in [-0.4, -0.2) is 26.8 Å². The van der Waals surface area contributed by atoms with Crippen molar-refractivity contribution in [3.05, 3.63) is 58.9 Å². The molecule has 1 amide bonds. The Hall–Kier alpha value is -2.86. The van der Waals surface area contributed by atoms with Crippen LogP contribution in [0.1, 0.15) is 37.6 Å². The van der Waals surface area contributed by atoms with Gasteiger partial charge in [-0.1, -0.05) is 36.2 Å². The third-order valence-corrected chi connectivity index (χ3v) is 5.58. The number of hydrogen-bond donors (Lipinski definition) is 1. The maximum atomic E-state index is 12.6. The fraction of sp³-hybridized carbons (Fsp3) is 0.348. The van der Waals surface area contributed by atoms with Crippen LogP contribution >= 0.6 is 11.6 Å². The molecule has 2 heterocycles. The van der Waals surface area contributed by atoms with Gasteiger partial charge in [0, 0.05) is 29.2 Å². The molecule has 156 valence electrons. The van der Waals surface area contributed by atoms with Crippen LogP contribution < -0.4 is 10.1 Å². The summed E-state index contributed by atoms with van der Waals surface area (Å²) >= 11 is 6.04. The van der Waals surface area contributed by atoms with Gasteiger partial charge in [0.05, 0.1) is 0 Å². The molecule has 1 aliphatic rings. The topological polar surface area (TPSA) is 69.0 Å². The highest BCUT2D eigenvalue weighted by atomic mass is 35.5. The highest BCUT2D eigenvalue weighted by molar-refractivity contribution is 6.31. The first-order valence-corrected chi connectivity index (χ1v) is 10.7. The van der Waals surface area contributed by atoms with Crippen molar-refractivity contribution in [1.82, 2.24) is 14.8 Å². The molecule has 1 atom stereocenters. The summed E-state index contributed by atoms with van der Waals surface area (Å²) in [6.45, 7) is 4.58. The van der Waals surface area contributed by atoms with Crippen LogP contribution in [0, 0.1) is 6.92 Å². The molecular weight excluding hydrogens is 400 g/mol. The Labute approximate surface area is 181 Å². The molecule has 0 fully saturated rings. The van der Waals surface area contributed by atoms with E-state index < -0.39 is 6.10 Å². The van der Waals surface area contributed by atoms with Gasteiger partial charge in [0.25, 0.3) is 5.91 Å². The van der Waals surface area contributed by atoms with Crippen LogP contribution in [0.15, 0.2) is 42.5 Å². The summed E-state index contributed by atoms with van der Waals surface area (Å²) in [4.78, 5) is 12.6. The summed E-state index contributed by atoms with van der Waals surface area (Å²) in [5.41, 5.74) is 2.56. The number of aromatic nitrogens is 3. The quantitative estimate of drug-likeness (QED) is 0.623. The van der Waals surface area contributed by atoms with Crippen LogP contribution in [0.4, 0.5) is 5.69 Å². The predicted octanol–water partition coefficient (Wildman–Crippen LogP) is 5.04. The van der Waals surface area contributed by atoms with Crippen molar-refractivity contribution in [2.45, 2.75) is 52.2 Å². The minimum absolute atomic E-state index is 0.234. The number of carbonyl (C=O) groups excluding carboxylic acids is 1. The first kappa shape index (κ1) is 20.4. The minimum atomic E-state index is -0.672. The van der Waals surface area contributed by atoms with Crippen molar-refractivity contribution in [2.24, 2.45) is 0 Å². The van der Waals surface area contributed by atoms with Crippen LogP contribution in [0.25, 0.3) is 11.4 Å². The van der Waals surface area contributed by atoms with Crippen LogP contribution in [0.2, 0.25) is 5.02 Å². The molecule has 0 spiro atoms. The maximum absolute atomic E-state index is 12.6. The lowest BCUT2D eigenvalue weighted by atomic mass is 10.2. The van der Waals surface area contributed by atoms with E-state index in [2.05, 4.69) is 20.1 Å². The molecule has 2 aromatic carbocycles. The number of carbonyl (C=O) groups is 1. The summed E-state index contributed by atoms with van der Waals surface area (Å²) in [7, 11) is 0. The molecule has 0 saturated heterocycles. The lowest BCUT2D eigenvalue weighted by Gasteiger charge is -2.16.